The second kappa shape index (κ2) is 8.10. The molecule has 1 aromatic heterocycles. The molecule has 0 saturated heterocycles. The number of carbonyl (C=O) groups is 2. The summed E-state index contributed by atoms with van der Waals surface area (Å²) in [6, 6.07) is 21.5. The van der Waals surface area contributed by atoms with Gasteiger partial charge in [0, 0.05) is 29.0 Å². The van der Waals surface area contributed by atoms with Crippen molar-refractivity contribution >= 4 is 33.5 Å². The zero-order chi connectivity index (χ0) is 20.2. The molecule has 4 rings (SSSR count). The normalized spacial score (nSPS) is 10.9. The number of hydrogen-bond donors (Lipinski definition) is 0. The molecule has 0 aliphatic rings. The molecule has 4 aromatic rings. The minimum absolute atomic E-state index is 0.0200. The highest BCUT2D eigenvalue weighted by Gasteiger charge is 2.13. The number of esters is 1. The molecule has 0 aliphatic heterocycles. The van der Waals surface area contributed by atoms with Gasteiger partial charge in [-0.3, -0.25) is 9.59 Å². The average Bonchev–Trinajstić information content (AvgIpc) is 2.76. The molecule has 0 unspecified atom stereocenters. The van der Waals surface area contributed by atoms with Gasteiger partial charge in [-0.1, -0.05) is 60.7 Å². The van der Waals surface area contributed by atoms with Crippen LogP contribution in [0.2, 0.25) is 0 Å². The molecule has 0 N–H and O–H groups in total. The maximum absolute atomic E-state index is 12.2. The molecule has 5 heteroatoms. The lowest BCUT2D eigenvalue weighted by molar-refractivity contribution is -0.144. The third-order valence-corrected chi connectivity index (χ3v) is 4.76. The van der Waals surface area contributed by atoms with Crippen LogP contribution in [-0.4, -0.2) is 11.8 Å². The summed E-state index contributed by atoms with van der Waals surface area (Å²) < 4.78 is 10.7. The van der Waals surface area contributed by atoms with E-state index in [2.05, 4.69) is 0 Å². The van der Waals surface area contributed by atoms with Gasteiger partial charge >= 0.3 is 11.6 Å². The van der Waals surface area contributed by atoms with Crippen molar-refractivity contribution in [2.75, 3.05) is 0 Å². The van der Waals surface area contributed by atoms with Gasteiger partial charge in [0.15, 0.2) is 5.78 Å². The molecule has 0 saturated carbocycles. The number of rotatable bonds is 6. The largest absolute Gasteiger partial charge is 0.461 e. The van der Waals surface area contributed by atoms with Gasteiger partial charge in [-0.2, -0.15) is 0 Å². The molecule has 0 amide bonds. The van der Waals surface area contributed by atoms with Gasteiger partial charge in [-0.25, -0.2) is 4.79 Å². The van der Waals surface area contributed by atoms with Gasteiger partial charge in [0.1, 0.15) is 12.2 Å². The quantitative estimate of drug-likeness (QED) is 0.209. The molecule has 0 bridgehead atoms. The molecule has 5 nitrogen and oxygen atoms in total. The van der Waals surface area contributed by atoms with Crippen LogP contribution < -0.4 is 5.63 Å². The molecule has 3 aromatic carbocycles. The first-order valence-electron chi connectivity index (χ1n) is 9.30. The Hall–Kier alpha value is -3.73. The van der Waals surface area contributed by atoms with Crippen LogP contribution in [0.4, 0.5) is 0 Å². The lowest BCUT2D eigenvalue weighted by Crippen LogP contribution is -2.10. The van der Waals surface area contributed by atoms with E-state index in [1.165, 1.54) is 6.07 Å². The number of hydrogen-bond acceptors (Lipinski definition) is 5. The predicted octanol–water partition coefficient (Wildman–Crippen LogP) is 4.65. The Bertz CT molecular complexity index is 1250. The number of fused-ring (bicyclic) bond motifs is 3. The van der Waals surface area contributed by atoms with E-state index in [0.717, 1.165) is 16.2 Å². The van der Waals surface area contributed by atoms with E-state index in [4.69, 9.17) is 9.15 Å². The second-order valence-corrected chi connectivity index (χ2v) is 6.70. The van der Waals surface area contributed by atoms with Crippen molar-refractivity contribution in [2.24, 2.45) is 0 Å². The van der Waals surface area contributed by atoms with Gasteiger partial charge in [-0.15, -0.1) is 0 Å². The smallest absolute Gasteiger partial charge is 0.336 e. The average molecular weight is 386 g/mol. The fourth-order valence-corrected chi connectivity index (χ4v) is 3.35. The Morgan fingerprint density at radius 3 is 2.45 bits per heavy atom. The van der Waals surface area contributed by atoms with Crippen LogP contribution in [0.25, 0.3) is 21.7 Å². The Labute approximate surface area is 166 Å². The first kappa shape index (κ1) is 18.6. The highest BCUT2D eigenvalue weighted by molar-refractivity contribution is 6.07. The molecule has 1 heterocycles. The van der Waals surface area contributed by atoms with Gasteiger partial charge < -0.3 is 9.15 Å². The standard InChI is InChI=1S/C24H18O5/c25-20(17-7-2-1-3-8-17)11-13-22(26)28-15-18-14-23(27)29-21-12-10-16-6-4-5-9-19(16)24(18)21/h1-10,12,14H,11,13,15H2. The van der Waals surface area contributed by atoms with Crippen molar-refractivity contribution in [3.05, 3.63) is 94.3 Å². The zero-order valence-corrected chi connectivity index (χ0v) is 15.6. The maximum atomic E-state index is 12.2. The first-order chi connectivity index (χ1) is 14.1. The molecule has 0 spiro atoms. The van der Waals surface area contributed by atoms with E-state index in [1.54, 1.807) is 30.3 Å². The van der Waals surface area contributed by atoms with E-state index in [9.17, 15) is 14.4 Å². The number of ketones is 1. The monoisotopic (exact) mass is 386 g/mol. The lowest BCUT2D eigenvalue weighted by atomic mass is 10.0. The summed E-state index contributed by atoms with van der Waals surface area (Å²) in [7, 11) is 0. The Kier molecular flexibility index (Phi) is 5.20. The van der Waals surface area contributed by atoms with Crippen LogP contribution in [-0.2, 0) is 16.1 Å². The number of ether oxygens (including phenoxy) is 1. The summed E-state index contributed by atoms with van der Waals surface area (Å²) in [6.45, 7) is -0.0610. The third kappa shape index (κ3) is 4.09. The van der Waals surface area contributed by atoms with E-state index >= 15 is 0 Å². The summed E-state index contributed by atoms with van der Waals surface area (Å²) in [5.74, 6) is -0.602. The molecule has 0 radical (unpaired) electrons. The molecule has 29 heavy (non-hydrogen) atoms. The molecular weight excluding hydrogens is 368 g/mol. The van der Waals surface area contributed by atoms with Gasteiger partial charge in [0.05, 0.1) is 6.42 Å². The summed E-state index contributed by atoms with van der Waals surface area (Å²) in [4.78, 5) is 36.2. The summed E-state index contributed by atoms with van der Waals surface area (Å²) in [5, 5.41) is 2.66. The predicted molar refractivity (Wildman–Crippen MR) is 110 cm³/mol. The summed E-state index contributed by atoms with van der Waals surface area (Å²) >= 11 is 0. The summed E-state index contributed by atoms with van der Waals surface area (Å²) in [5.41, 5.74) is 1.09. The minimum Gasteiger partial charge on any atom is -0.461 e. The zero-order valence-electron chi connectivity index (χ0n) is 15.6. The van der Waals surface area contributed by atoms with Crippen molar-refractivity contribution in [3.8, 4) is 0 Å². The van der Waals surface area contributed by atoms with Gasteiger partial charge in [0.2, 0.25) is 0 Å². The van der Waals surface area contributed by atoms with E-state index in [0.29, 0.717) is 16.7 Å². The van der Waals surface area contributed by atoms with Crippen LogP contribution in [0.15, 0.2) is 82.0 Å². The van der Waals surface area contributed by atoms with Crippen molar-refractivity contribution in [1.29, 1.82) is 0 Å². The maximum Gasteiger partial charge on any atom is 0.336 e. The highest BCUT2D eigenvalue weighted by atomic mass is 16.5. The van der Waals surface area contributed by atoms with E-state index < -0.39 is 11.6 Å². The number of benzene rings is 3. The Balaban J connectivity index is 1.51. The van der Waals surface area contributed by atoms with Crippen molar-refractivity contribution in [1.82, 2.24) is 0 Å². The summed E-state index contributed by atoms with van der Waals surface area (Å²) in [6.07, 6.45) is 0.0529. The first-order valence-corrected chi connectivity index (χ1v) is 9.30. The van der Waals surface area contributed by atoms with Crippen LogP contribution >= 0.6 is 0 Å². The van der Waals surface area contributed by atoms with Crippen LogP contribution in [0.3, 0.4) is 0 Å². The molecule has 0 atom stereocenters. The van der Waals surface area contributed by atoms with Gasteiger partial charge in [0.25, 0.3) is 0 Å². The van der Waals surface area contributed by atoms with Crippen LogP contribution in [0, 0.1) is 0 Å². The topological polar surface area (TPSA) is 73.6 Å². The molecular formula is C24H18O5. The highest BCUT2D eigenvalue weighted by Crippen LogP contribution is 2.27. The van der Waals surface area contributed by atoms with E-state index in [1.807, 2.05) is 36.4 Å². The molecule has 144 valence electrons. The fourth-order valence-electron chi connectivity index (χ4n) is 3.35. The van der Waals surface area contributed by atoms with Crippen LogP contribution in [0.5, 0.6) is 0 Å². The van der Waals surface area contributed by atoms with Crippen molar-refractivity contribution in [2.45, 2.75) is 19.4 Å². The van der Waals surface area contributed by atoms with Crippen molar-refractivity contribution in [3.63, 3.8) is 0 Å². The molecule has 0 fully saturated rings. The molecule has 0 aliphatic carbocycles. The van der Waals surface area contributed by atoms with Crippen LogP contribution in [0.1, 0.15) is 28.8 Å². The third-order valence-electron chi connectivity index (χ3n) is 4.76. The number of Topliss-reactive ketones (excluding diaryl/α,β-unsaturated/α-hetero) is 1. The van der Waals surface area contributed by atoms with Gasteiger partial charge in [-0.05, 0) is 16.8 Å². The second-order valence-electron chi connectivity index (χ2n) is 6.70. The number of carbonyl (C=O) groups excluding carboxylic acids is 2. The SMILES string of the molecule is O=C(CCC(=O)c1ccccc1)OCc1cc(=O)oc2ccc3ccccc3c12. The Morgan fingerprint density at radius 1 is 0.862 bits per heavy atom. The Morgan fingerprint density at radius 2 is 1.62 bits per heavy atom. The fraction of sp³-hybridized carbons (Fsp3) is 0.125. The minimum atomic E-state index is -0.502. The lowest BCUT2D eigenvalue weighted by Gasteiger charge is -2.09. The van der Waals surface area contributed by atoms with E-state index in [-0.39, 0.29) is 25.2 Å². The van der Waals surface area contributed by atoms with Crippen molar-refractivity contribution < 1.29 is 18.7 Å².